The highest BCUT2D eigenvalue weighted by atomic mass is 35.5. The number of rotatable bonds is 13. The molecule has 0 unspecified atom stereocenters. The van der Waals surface area contributed by atoms with Gasteiger partial charge >= 0.3 is 0 Å². The summed E-state index contributed by atoms with van der Waals surface area (Å²) in [6, 6.07) is 8.46. The second-order valence-electron chi connectivity index (χ2n) is 8.32. The molecule has 30 heavy (non-hydrogen) atoms. The van der Waals surface area contributed by atoms with Crippen molar-refractivity contribution in [3.05, 3.63) is 35.7 Å². The lowest BCUT2D eigenvalue weighted by Crippen LogP contribution is -2.39. The zero-order valence-electron chi connectivity index (χ0n) is 18.1. The summed E-state index contributed by atoms with van der Waals surface area (Å²) in [5.74, 6) is 1.04. The molecule has 1 heterocycles. The molecule has 4 N–H and O–H groups in total. The summed E-state index contributed by atoms with van der Waals surface area (Å²) in [6.07, 6.45) is 15.0. The van der Waals surface area contributed by atoms with Crippen LogP contribution < -0.4 is 11.1 Å². The average Bonchev–Trinajstić information content (AvgIpc) is 3.30. The molecule has 0 spiro atoms. The number of nitrogens with two attached hydrogens (primary N) is 1. The van der Waals surface area contributed by atoms with Crippen LogP contribution in [-0.4, -0.2) is 16.1 Å². The van der Waals surface area contributed by atoms with Crippen molar-refractivity contribution in [3.8, 4) is 11.4 Å². The maximum atomic E-state index is 7.44. The van der Waals surface area contributed by atoms with Crippen LogP contribution in [0.1, 0.15) is 89.0 Å². The van der Waals surface area contributed by atoms with Gasteiger partial charge in [-0.05, 0) is 31.2 Å². The number of hydrogen-bond acceptors (Lipinski definition) is 4. The fourth-order valence-corrected chi connectivity index (χ4v) is 3.77. The fourth-order valence-electron chi connectivity index (χ4n) is 3.77. The minimum absolute atomic E-state index is 0. The third-order valence-electron chi connectivity index (χ3n) is 5.74. The highest BCUT2D eigenvalue weighted by Gasteiger charge is 2.50. The molecule has 6 nitrogen and oxygen atoms in total. The third-order valence-corrected chi connectivity index (χ3v) is 5.74. The summed E-state index contributed by atoms with van der Waals surface area (Å²) >= 11 is 0. The first-order valence-electron chi connectivity index (χ1n) is 11.2. The van der Waals surface area contributed by atoms with Gasteiger partial charge in [-0.15, -0.1) is 12.4 Å². The highest BCUT2D eigenvalue weighted by molar-refractivity contribution is 5.85. The number of aromatic nitrogens is 2. The van der Waals surface area contributed by atoms with Crippen LogP contribution in [0.25, 0.3) is 11.4 Å². The van der Waals surface area contributed by atoms with Crippen LogP contribution >= 0.6 is 12.4 Å². The Morgan fingerprint density at radius 2 is 1.63 bits per heavy atom. The molecule has 1 aliphatic rings. The largest absolute Gasteiger partial charge is 0.370 e. The minimum Gasteiger partial charge on any atom is -0.370 e. The highest BCUT2D eigenvalue weighted by Crippen LogP contribution is 2.44. The molecule has 2 aromatic rings. The Kier molecular flexibility index (Phi) is 9.63. The van der Waals surface area contributed by atoms with Crippen LogP contribution in [0.2, 0.25) is 0 Å². The lowest BCUT2D eigenvalue weighted by molar-refractivity contribution is 0.336. The molecule has 7 heteroatoms. The summed E-state index contributed by atoms with van der Waals surface area (Å²) in [5, 5.41) is 14.5. The van der Waals surface area contributed by atoms with Crippen LogP contribution in [0.5, 0.6) is 0 Å². The molecule has 166 valence electrons. The number of guanidine groups is 1. The van der Waals surface area contributed by atoms with Crippen LogP contribution in [0.4, 0.5) is 0 Å². The Hall–Kier alpha value is -2.08. The normalized spacial score (nSPS) is 14.2. The van der Waals surface area contributed by atoms with E-state index in [1.807, 2.05) is 0 Å². The minimum atomic E-state index is -0.437. The number of nitrogens with one attached hydrogen (secondary N) is 2. The van der Waals surface area contributed by atoms with E-state index in [0.29, 0.717) is 11.7 Å². The van der Waals surface area contributed by atoms with Gasteiger partial charge in [0.05, 0.1) is 0 Å². The van der Waals surface area contributed by atoms with Crippen molar-refractivity contribution in [2.24, 2.45) is 5.73 Å². The van der Waals surface area contributed by atoms with Crippen molar-refractivity contribution in [1.29, 1.82) is 5.41 Å². The van der Waals surface area contributed by atoms with Gasteiger partial charge in [0, 0.05) is 5.56 Å². The SMILES string of the molecule is CCCCCCCCCCCc1ccc(-c2noc(C3(NC(=N)N)CC3)n2)cc1.Cl. The summed E-state index contributed by atoms with van der Waals surface area (Å²) in [7, 11) is 0. The number of hydrogen-bond donors (Lipinski definition) is 3. The monoisotopic (exact) mass is 433 g/mol. The van der Waals surface area contributed by atoms with Gasteiger partial charge in [-0.25, -0.2) is 0 Å². The Balaban J connectivity index is 0.00000320. The number of halogens is 1. The first kappa shape index (κ1) is 24.2. The van der Waals surface area contributed by atoms with Gasteiger partial charge in [0.25, 0.3) is 5.89 Å². The zero-order chi connectivity index (χ0) is 20.5. The third kappa shape index (κ3) is 7.01. The van der Waals surface area contributed by atoms with E-state index in [9.17, 15) is 0 Å². The average molecular weight is 434 g/mol. The number of aryl methyl sites for hydroxylation is 1. The van der Waals surface area contributed by atoms with E-state index in [1.165, 1.54) is 63.4 Å². The van der Waals surface area contributed by atoms with Crippen LogP contribution in [0.15, 0.2) is 28.8 Å². The molecule has 0 radical (unpaired) electrons. The molecule has 1 saturated carbocycles. The van der Waals surface area contributed by atoms with Gasteiger partial charge in [-0.2, -0.15) is 4.98 Å². The summed E-state index contributed by atoms with van der Waals surface area (Å²) in [4.78, 5) is 4.53. The molecular weight excluding hydrogens is 398 g/mol. The fraction of sp³-hybridized carbons (Fsp3) is 0.609. The Bertz CT molecular complexity index is 770. The lowest BCUT2D eigenvalue weighted by atomic mass is 10.0. The number of benzene rings is 1. The summed E-state index contributed by atoms with van der Waals surface area (Å²) in [5.41, 5.74) is 7.34. The quantitative estimate of drug-likeness (QED) is 0.213. The van der Waals surface area contributed by atoms with Gasteiger partial charge in [0.15, 0.2) is 5.96 Å². The second kappa shape index (κ2) is 11.9. The van der Waals surface area contributed by atoms with Crippen LogP contribution in [0.3, 0.4) is 0 Å². The molecule has 1 aliphatic carbocycles. The van der Waals surface area contributed by atoms with Crippen molar-refractivity contribution in [2.45, 2.75) is 89.5 Å². The van der Waals surface area contributed by atoms with Crippen molar-refractivity contribution >= 4 is 18.4 Å². The smallest absolute Gasteiger partial charge is 0.252 e. The van der Waals surface area contributed by atoms with E-state index in [0.717, 1.165) is 24.8 Å². The maximum Gasteiger partial charge on any atom is 0.252 e. The zero-order valence-corrected chi connectivity index (χ0v) is 18.9. The molecule has 0 amide bonds. The summed E-state index contributed by atoms with van der Waals surface area (Å²) < 4.78 is 5.43. The first-order chi connectivity index (χ1) is 14.1. The standard InChI is InChI=1S/C23H35N5O.ClH/c1-2-3-4-5-6-7-8-9-10-11-18-12-14-19(15-13-18)20-26-21(29-28-20)23(16-17-23)27-22(24)25;/h12-15H,2-11,16-17H2,1H3,(H4,24,25,27);1H. The van der Waals surface area contributed by atoms with Crippen molar-refractivity contribution in [3.63, 3.8) is 0 Å². The van der Waals surface area contributed by atoms with E-state index in [1.54, 1.807) is 0 Å². The van der Waals surface area contributed by atoms with Crippen LogP contribution in [-0.2, 0) is 12.0 Å². The van der Waals surface area contributed by atoms with Gasteiger partial charge in [-0.1, -0.05) is 87.7 Å². The molecule has 0 atom stereocenters. The molecule has 1 fully saturated rings. The molecule has 1 aromatic carbocycles. The first-order valence-corrected chi connectivity index (χ1v) is 11.2. The molecule has 3 rings (SSSR count). The van der Waals surface area contributed by atoms with Gasteiger partial charge in [-0.3, -0.25) is 5.41 Å². The molecule has 0 aliphatic heterocycles. The van der Waals surface area contributed by atoms with E-state index in [-0.39, 0.29) is 18.4 Å². The van der Waals surface area contributed by atoms with E-state index in [4.69, 9.17) is 15.7 Å². The van der Waals surface area contributed by atoms with Gasteiger partial charge < -0.3 is 15.6 Å². The molecule has 0 bridgehead atoms. The predicted molar refractivity (Wildman–Crippen MR) is 124 cm³/mol. The Morgan fingerprint density at radius 1 is 1.03 bits per heavy atom. The summed E-state index contributed by atoms with van der Waals surface area (Å²) in [6.45, 7) is 2.27. The van der Waals surface area contributed by atoms with Crippen LogP contribution in [0, 0.1) is 5.41 Å². The number of nitrogens with zero attached hydrogens (tertiary/aromatic N) is 2. The second-order valence-corrected chi connectivity index (χ2v) is 8.32. The van der Waals surface area contributed by atoms with Crippen molar-refractivity contribution in [2.75, 3.05) is 0 Å². The molecular formula is C23H36ClN5O. The lowest BCUT2D eigenvalue weighted by Gasteiger charge is -2.11. The predicted octanol–water partition coefficient (Wildman–Crippen LogP) is 5.70. The van der Waals surface area contributed by atoms with Gasteiger partial charge in [0.2, 0.25) is 5.82 Å². The van der Waals surface area contributed by atoms with Crippen molar-refractivity contribution in [1.82, 2.24) is 15.5 Å². The molecule has 0 saturated heterocycles. The topological polar surface area (TPSA) is 101 Å². The Labute approximate surface area is 186 Å². The van der Waals surface area contributed by atoms with Gasteiger partial charge in [0.1, 0.15) is 5.54 Å². The van der Waals surface area contributed by atoms with Crippen molar-refractivity contribution < 1.29 is 4.52 Å². The molecule has 1 aromatic heterocycles. The van der Waals surface area contributed by atoms with E-state index in [2.05, 4.69) is 46.6 Å². The maximum absolute atomic E-state index is 7.44. The van der Waals surface area contributed by atoms with E-state index >= 15 is 0 Å². The number of unbranched alkanes of at least 4 members (excludes halogenated alkanes) is 8. The van der Waals surface area contributed by atoms with E-state index < -0.39 is 5.54 Å². The Morgan fingerprint density at radius 3 is 2.20 bits per heavy atom.